The molecule has 4 nitrogen and oxygen atoms in total. The van der Waals surface area contributed by atoms with Crippen LogP contribution >= 0.6 is 23.5 Å². The summed E-state index contributed by atoms with van der Waals surface area (Å²) in [7, 11) is 0. The van der Waals surface area contributed by atoms with Crippen molar-refractivity contribution in [1.29, 1.82) is 0 Å². The van der Waals surface area contributed by atoms with Crippen molar-refractivity contribution in [3.05, 3.63) is 93.8 Å². The highest BCUT2D eigenvalue weighted by Gasteiger charge is 2.35. The fourth-order valence-electron chi connectivity index (χ4n) is 2.59. The smallest absolute Gasteiger partial charge is 0.220 e. The predicted octanol–water partition coefficient (Wildman–Crippen LogP) is 4.93. The van der Waals surface area contributed by atoms with Gasteiger partial charge in [-0.05, 0) is 36.4 Å². The van der Waals surface area contributed by atoms with Crippen molar-refractivity contribution in [1.82, 2.24) is 9.97 Å². The van der Waals surface area contributed by atoms with Crippen LogP contribution in [0.4, 0.5) is 8.78 Å². The number of ketones is 2. The lowest BCUT2D eigenvalue weighted by Gasteiger charge is -2.19. The molecular formula is C20H10F2N2O2S2. The number of carbonyl (C=O) groups is 2. The van der Waals surface area contributed by atoms with Crippen molar-refractivity contribution in [2.45, 2.75) is 9.79 Å². The molecule has 1 aliphatic rings. The van der Waals surface area contributed by atoms with E-state index in [9.17, 15) is 18.4 Å². The summed E-state index contributed by atoms with van der Waals surface area (Å²) in [5.74, 6) is -1.79. The first-order valence-corrected chi connectivity index (χ1v) is 9.67. The van der Waals surface area contributed by atoms with Gasteiger partial charge in [0, 0.05) is 16.0 Å². The fraction of sp³-hybridized carbons (Fsp3) is 0. The van der Waals surface area contributed by atoms with Crippen molar-refractivity contribution in [2.24, 2.45) is 0 Å². The van der Waals surface area contributed by atoms with Crippen molar-refractivity contribution in [3.63, 3.8) is 0 Å². The summed E-state index contributed by atoms with van der Waals surface area (Å²) < 4.78 is 27.1. The van der Waals surface area contributed by atoms with Crippen LogP contribution in [0.25, 0.3) is 0 Å². The molecule has 1 aliphatic carbocycles. The van der Waals surface area contributed by atoms with Crippen LogP contribution in [0, 0.1) is 11.6 Å². The summed E-state index contributed by atoms with van der Waals surface area (Å²) in [6.45, 7) is 0. The van der Waals surface area contributed by atoms with E-state index in [1.54, 1.807) is 12.1 Å². The normalized spacial score (nSPS) is 13.6. The maximum absolute atomic E-state index is 13.6. The number of allylic oxidation sites excluding steroid dienone is 2. The van der Waals surface area contributed by atoms with E-state index in [1.807, 2.05) is 0 Å². The number of halogens is 2. The quantitative estimate of drug-likeness (QED) is 0.606. The lowest BCUT2D eigenvalue weighted by molar-refractivity contribution is 0.0984. The number of rotatable bonds is 4. The van der Waals surface area contributed by atoms with Crippen molar-refractivity contribution in [2.75, 3.05) is 0 Å². The molecule has 2 aromatic carbocycles. The van der Waals surface area contributed by atoms with Gasteiger partial charge in [-0.15, -0.1) is 0 Å². The number of hydrogen-bond acceptors (Lipinski definition) is 6. The Kier molecular flexibility index (Phi) is 5.06. The second-order valence-electron chi connectivity index (χ2n) is 5.72. The summed E-state index contributed by atoms with van der Waals surface area (Å²) in [6, 6.07) is 11.4. The number of nitrogens with zero attached hydrogens (tertiary/aromatic N) is 2. The maximum Gasteiger partial charge on any atom is 0.220 e. The first-order valence-electron chi connectivity index (χ1n) is 8.03. The molecule has 28 heavy (non-hydrogen) atoms. The van der Waals surface area contributed by atoms with E-state index in [0.29, 0.717) is 9.79 Å². The summed E-state index contributed by atoms with van der Waals surface area (Å²) >= 11 is 1.96. The minimum atomic E-state index is -0.456. The van der Waals surface area contributed by atoms with Gasteiger partial charge in [-0.2, -0.15) is 0 Å². The molecular weight excluding hydrogens is 402 g/mol. The molecule has 0 radical (unpaired) electrons. The number of hydrogen-bond donors (Lipinski definition) is 0. The molecule has 0 aliphatic heterocycles. The highest BCUT2D eigenvalue weighted by Crippen LogP contribution is 2.42. The molecule has 0 saturated carbocycles. The van der Waals surface area contributed by atoms with E-state index in [4.69, 9.17) is 0 Å². The number of Topliss-reactive ketones (excluding diaryl/α,β-unsaturated/α-hetero) is 2. The minimum Gasteiger partial charge on any atom is -0.288 e. The monoisotopic (exact) mass is 412 g/mol. The van der Waals surface area contributed by atoms with Crippen molar-refractivity contribution < 1.29 is 18.4 Å². The van der Waals surface area contributed by atoms with Crippen LogP contribution < -0.4 is 0 Å². The lowest BCUT2D eigenvalue weighted by Crippen LogP contribution is -2.21. The Hall–Kier alpha value is -2.84. The van der Waals surface area contributed by atoms with E-state index in [-0.39, 0.29) is 21.1 Å². The molecule has 138 valence electrons. The summed E-state index contributed by atoms with van der Waals surface area (Å²) in [5.41, 5.74) is 0.0949. The largest absolute Gasteiger partial charge is 0.288 e. The van der Waals surface area contributed by atoms with Gasteiger partial charge in [0.1, 0.15) is 23.7 Å². The van der Waals surface area contributed by atoms with Gasteiger partial charge in [-0.1, -0.05) is 35.7 Å². The number of thioether (sulfide) groups is 2. The Morgan fingerprint density at radius 3 is 1.93 bits per heavy atom. The topological polar surface area (TPSA) is 59.9 Å². The number of carbonyl (C=O) groups excluding carboxylic acids is 2. The summed E-state index contributed by atoms with van der Waals surface area (Å²) in [4.78, 5) is 35.0. The van der Waals surface area contributed by atoms with Crippen LogP contribution in [0.2, 0.25) is 0 Å². The van der Waals surface area contributed by atoms with Gasteiger partial charge in [-0.3, -0.25) is 9.59 Å². The van der Waals surface area contributed by atoms with Gasteiger partial charge in [0.2, 0.25) is 11.6 Å². The Balaban J connectivity index is 1.83. The molecule has 0 bridgehead atoms. The Bertz CT molecular complexity index is 1060. The summed E-state index contributed by atoms with van der Waals surface area (Å²) in [6.07, 6.45) is 2.48. The molecule has 0 fully saturated rings. The van der Waals surface area contributed by atoms with Gasteiger partial charge >= 0.3 is 0 Å². The average Bonchev–Trinajstić information content (AvgIpc) is 2.69. The molecule has 1 aromatic heterocycles. The molecule has 1 heterocycles. The lowest BCUT2D eigenvalue weighted by atomic mass is 10.0. The van der Waals surface area contributed by atoms with Crippen LogP contribution in [0.1, 0.15) is 20.8 Å². The van der Waals surface area contributed by atoms with E-state index < -0.39 is 23.2 Å². The third kappa shape index (κ3) is 3.61. The van der Waals surface area contributed by atoms with Gasteiger partial charge in [-0.25, -0.2) is 18.7 Å². The van der Waals surface area contributed by atoms with E-state index in [0.717, 1.165) is 23.5 Å². The van der Waals surface area contributed by atoms with Crippen molar-refractivity contribution >= 4 is 35.1 Å². The molecule has 0 unspecified atom stereocenters. The third-order valence-electron chi connectivity index (χ3n) is 3.82. The molecule has 0 N–H and O–H groups in total. The first kappa shape index (κ1) is 18.5. The third-order valence-corrected chi connectivity index (χ3v) is 6.12. The SMILES string of the molecule is O=C1C(Sc2cccc(F)c2)=C(Sc2cccc(F)c2)C(=O)c2ncncc21. The van der Waals surface area contributed by atoms with E-state index in [2.05, 4.69) is 9.97 Å². The number of benzene rings is 2. The summed E-state index contributed by atoms with van der Waals surface area (Å²) in [5, 5.41) is 0. The van der Waals surface area contributed by atoms with Gasteiger partial charge in [0.05, 0.1) is 15.4 Å². The van der Waals surface area contributed by atoms with Crippen LogP contribution in [-0.2, 0) is 0 Å². The second-order valence-corrected chi connectivity index (χ2v) is 7.89. The second kappa shape index (κ2) is 7.65. The molecule has 4 rings (SSSR count). The molecule has 8 heteroatoms. The zero-order valence-electron chi connectivity index (χ0n) is 14.1. The average molecular weight is 412 g/mol. The molecule has 3 aromatic rings. The number of aromatic nitrogens is 2. The molecule has 0 saturated heterocycles. The Labute approximate surface area is 167 Å². The van der Waals surface area contributed by atoms with Crippen LogP contribution in [0.5, 0.6) is 0 Å². The number of fused-ring (bicyclic) bond motifs is 1. The van der Waals surface area contributed by atoms with Crippen LogP contribution in [0.3, 0.4) is 0 Å². The molecule has 0 spiro atoms. The van der Waals surface area contributed by atoms with E-state index in [1.165, 1.54) is 48.9 Å². The van der Waals surface area contributed by atoms with Gasteiger partial charge in [0.15, 0.2) is 0 Å². The van der Waals surface area contributed by atoms with Gasteiger partial charge in [0.25, 0.3) is 0 Å². The highest BCUT2D eigenvalue weighted by molar-refractivity contribution is 8.08. The van der Waals surface area contributed by atoms with E-state index >= 15 is 0 Å². The minimum absolute atomic E-state index is 0.00231. The standard InChI is InChI=1S/C20H10F2N2O2S2/c21-11-3-1-5-13(7-11)27-19-17(25)15-9-23-10-24-16(15)18(26)20(19)28-14-6-2-4-12(22)8-14/h1-10H. The van der Waals surface area contributed by atoms with Crippen LogP contribution in [-0.4, -0.2) is 21.5 Å². The van der Waals surface area contributed by atoms with Crippen LogP contribution in [0.15, 0.2) is 80.7 Å². The van der Waals surface area contributed by atoms with Crippen molar-refractivity contribution in [3.8, 4) is 0 Å². The molecule has 0 amide bonds. The zero-order chi connectivity index (χ0) is 19.7. The Morgan fingerprint density at radius 2 is 1.36 bits per heavy atom. The van der Waals surface area contributed by atoms with Gasteiger partial charge < -0.3 is 0 Å². The highest BCUT2D eigenvalue weighted by atomic mass is 32.2. The fourth-order valence-corrected chi connectivity index (χ4v) is 4.72. The zero-order valence-corrected chi connectivity index (χ0v) is 15.7. The first-order chi connectivity index (χ1) is 13.5. The molecule has 0 atom stereocenters. The predicted molar refractivity (Wildman–Crippen MR) is 102 cm³/mol. The Morgan fingerprint density at radius 1 is 0.786 bits per heavy atom. The maximum atomic E-state index is 13.6.